The second-order valence-corrected chi connectivity index (χ2v) is 7.77. The Morgan fingerprint density at radius 1 is 1.00 bits per heavy atom. The number of nitrogens with zero attached hydrogens (tertiary/aromatic N) is 3. The zero-order chi connectivity index (χ0) is 25.2. The number of carbonyl (C=O) groups excluding carboxylic acids is 2. The number of nitrogens with one attached hydrogen (secondary N) is 2. The second kappa shape index (κ2) is 12.3. The highest BCUT2D eigenvalue weighted by molar-refractivity contribution is 5.98. The number of amides is 1. The molecule has 0 saturated heterocycles. The van der Waals surface area contributed by atoms with E-state index in [1.54, 1.807) is 20.8 Å². The highest BCUT2D eigenvalue weighted by Gasteiger charge is 2.21. The number of anilines is 1. The van der Waals surface area contributed by atoms with Gasteiger partial charge in [0.25, 0.3) is 5.91 Å². The zero-order valence-corrected chi connectivity index (χ0v) is 20.2. The average Bonchev–Trinajstić information content (AvgIpc) is 2.85. The SMILES string of the molecule is COC(=O)C(C)NC(=O)c1c(C)nc(NCC=Cc2cccc(OCc3ccccc3)n2)nc1C. The maximum atomic E-state index is 12.6. The van der Waals surface area contributed by atoms with Gasteiger partial charge >= 0.3 is 5.97 Å². The molecule has 1 unspecified atom stereocenters. The van der Waals surface area contributed by atoms with Crippen molar-refractivity contribution in [3.05, 3.63) is 82.8 Å². The minimum absolute atomic E-state index is 0.332. The van der Waals surface area contributed by atoms with Crippen molar-refractivity contribution in [1.82, 2.24) is 20.3 Å². The van der Waals surface area contributed by atoms with Crippen LogP contribution in [0.4, 0.5) is 5.95 Å². The fourth-order valence-electron chi connectivity index (χ4n) is 3.29. The Morgan fingerprint density at radius 3 is 2.40 bits per heavy atom. The molecule has 9 heteroatoms. The van der Waals surface area contributed by atoms with Crippen molar-refractivity contribution in [2.75, 3.05) is 19.0 Å². The van der Waals surface area contributed by atoms with Crippen LogP contribution in [0.3, 0.4) is 0 Å². The van der Waals surface area contributed by atoms with Gasteiger partial charge in [-0.15, -0.1) is 0 Å². The summed E-state index contributed by atoms with van der Waals surface area (Å²) in [6.07, 6.45) is 3.77. The number of benzene rings is 1. The lowest BCUT2D eigenvalue weighted by Crippen LogP contribution is -2.40. The Labute approximate surface area is 204 Å². The van der Waals surface area contributed by atoms with Gasteiger partial charge in [0, 0.05) is 12.6 Å². The fourth-order valence-corrected chi connectivity index (χ4v) is 3.29. The van der Waals surface area contributed by atoms with Crippen LogP contribution in [0.2, 0.25) is 0 Å². The highest BCUT2D eigenvalue weighted by Crippen LogP contribution is 2.14. The zero-order valence-electron chi connectivity index (χ0n) is 20.2. The quantitative estimate of drug-likeness (QED) is 0.428. The predicted molar refractivity (Wildman–Crippen MR) is 133 cm³/mol. The van der Waals surface area contributed by atoms with E-state index in [-0.39, 0.29) is 0 Å². The Morgan fingerprint density at radius 2 is 1.71 bits per heavy atom. The summed E-state index contributed by atoms with van der Waals surface area (Å²) >= 11 is 0. The molecule has 35 heavy (non-hydrogen) atoms. The van der Waals surface area contributed by atoms with E-state index in [9.17, 15) is 9.59 Å². The predicted octanol–water partition coefficient (Wildman–Crippen LogP) is 3.48. The molecule has 182 valence electrons. The van der Waals surface area contributed by atoms with Crippen LogP contribution in [0, 0.1) is 13.8 Å². The van der Waals surface area contributed by atoms with E-state index in [1.807, 2.05) is 60.7 Å². The first-order valence-corrected chi connectivity index (χ1v) is 11.2. The van der Waals surface area contributed by atoms with Gasteiger partial charge in [-0.1, -0.05) is 42.5 Å². The van der Waals surface area contributed by atoms with Crippen LogP contribution in [-0.4, -0.2) is 46.5 Å². The van der Waals surface area contributed by atoms with E-state index in [1.165, 1.54) is 7.11 Å². The smallest absolute Gasteiger partial charge is 0.328 e. The van der Waals surface area contributed by atoms with E-state index < -0.39 is 17.9 Å². The number of ether oxygens (including phenoxy) is 2. The molecular weight excluding hydrogens is 446 g/mol. The molecule has 1 atom stereocenters. The van der Waals surface area contributed by atoms with Crippen molar-refractivity contribution in [3.8, 4) is 5.88 Å². The number of pyridine rings is 1. The summed E-state index contributed by atoms with van der Waals surface area (Å²) in [7, 11) is 1.27. The molecule has 0 bridgehead atoms. The Bertz CT molecular complexity index is 1170. The molecule has 2 aromatic heterocycles. The lowest BCUT2D eigenvalue weighted by molar-refractivity contribution is -0.142. The molecule has 9 nitrogen and oxygen atoms in total. The summed E-state index contributed by atoms with van der Waals surface area (Å²) in [5.41, 5.74) is 3.18. The van der Waals surface area contributed by atoms with Crippen molar-refractivity contribution in [2.24, 2.45) is 0 Å². The van der Waals surface area contributed by atoms with Crippen molar-refractivity contribution in [2.45, 2.75) is 33.4 Å². The summed E-state index contributed by atoms with van der Waals surface area (Å²) in [5.74, 6) is -0.00346. The minimum atomic E-state index is -0.773. The maximum absolute atomic E-state index is 12.6. The Kier molecular flexibility index (Phi) is 8.89. The first kappa shape index (κ1) is 25.4. The fraction of sp³-hybridized carbons (Fsp3) is 0.269. The molecule has 0 radical (unpaired) electrons. The lowest BCUT2D eigenvalue weighted by atomic mass is 10.1. The molecule has 0 spiro atoms. The monoisotopic (exact) mass is 475 g/mol. The Balaban J connectivity index is 1.56. The van der Waals surface area contributed by atoms with Gasteiger partial charge < -0.3 is 20.1 Å². The Hall–Kier alpha value is -4.27. The minimum Gasteiger partial charge on any atom is -0.473 e. The second-order valence-electron chi connectivity index (χ2n) is 7.77. The third-order valence-electron chi connectivity index (χ3n) is 5.04. The molecule has 2 N–H and O–H groups in total. The normalized spacial score (nSPS) is 11.7. The number of aryl methyl sites for hydroxylation is 2. The topological polar surface area (TPSA) is 115 Å². The lowest BCUT2D eigenvalue weighted by Gasteiger charge is -2.14. The third kappa shape index (κ3) is 7.36. The summed E-state index contributed by atoms with van der Waals surface area (Å²) < 4.78 is 10.4. The number of rotatable bonds is 10. The van der Waals surface area contributed by atoms with Crippen LogP contribution < -0.4 is 15.4 Å². The van der Waals surface area contributed by atoms with Gasteiger partial charge in [-0.25, -0.2) is 19.7 Å². The number of hydrogen-bond acceptors (Lipinski definition) is 8. The van der Waals surface area contributed by atoms with Crippen LogP contribution in [0.5, 0.6) is 5.88 Å². The molecule has 0 aliphatic rings. The van der Waals surface area contributed by atoms with Crippen LogP contribution >= 0.6 is 0 Å². The third-order valence-corrected chi connectivity index (χ3v) is 5.04. The van der Waals surface area contributed by atoms with Crippen LogP contribution in [0.15, 0.2) is 54.6 Å². The van der Waals surface area contributed by atoms with Gasteiger partial charge in [0.1, 0.15) is 12.6 Å². The van der Waals surface area contributed by atoms with E-state index >= 15 is 0 Å². The first-order valence-electron chi connectivity index (χ1n) is 11.2. The molecule has 0 fully saturated rings. The van der Waals surface area contributed by atoms with E-state index in [0.717, 1.165) is 11.3 Å². The number of aromatic nitrogens is 3. The summed E-state index contributed by atoms with van der Waals surface area (Å²) in [4.78, 5) is 37.3. The van der Waals surface area contributed by atoms with E-state index in [0.29, 0.717) is 41.9 Å². The van der Waals surface area contributed by atoms with Crippen molar-refractivity contribution < 1.29 is 19.1 Å². The standard InChI is InChI=1S/C26H29N5O4/c1-17-23(24(32)28-19(3)25(33)34-4)18(2)30-26(29-17)27-15-9-13-21-12-8-14-22(31-21)35-16-20-10-6-5-7-11-20/h5-14,19H,15-16H2,1-4H3,(H,28,32)(H,27,29,30). The van der Waals surface area contributed by atoms with Crippen molar-refractivity contribution in [1.29, 1.82) is 0 Å². The molecular formula is C26H29N5O4. The molecule has 0 aliphatic carbocycles. The summed E-state index contributed by atoms with van der Waals surface area (Å²) in [5, 5.41) is 5.72. The number of esters is 1. The molecule has 2 heterocycles. The van der Waals surface area contributed by atoms with Gasteiger partial charge in [-0.3, -0.25) is 4.79 Å². The summed E-state index contributed by atoms with van der Waals surface area (Å²) in [6, 6.07) is 14.7. The largest absolute Gasteiger partial charge is 0.473 e. The molecule has 3 rings (SSSR count). The number of hydrogen-bond donors (Lipinski definition) is 2. The average molecular weight is 476 g/mol. The molecule has 1 aromatic carbocycles. The summed E-state index contributed by atoms with van der Waals surface area (Å²) in [6.45, 7) is 5.91. The van der Waals surface area contributed by atoms with Gasteiger partial charge in [-0.2, -0.15) is 0 Å². The van der Waals surface area contributed by atoms with Gasteiger partial charge in [-0.05, 0) is 38.5 Å². The van der Waals surface area contributed by atoms with Crippen molar-refractivity contribution >= 4 is 23.9 Å². The molecule has 3 aromatic rings. The highest BCUT2D eigenvalue weighted by atomic mass is 16.5. The van der Waals surface area contributed by atoms with E-state index in [2.05, 4.69) is 30.3 Å². The number of methoxy groups -OCH3 is 1. The maximum Gasteiger partial charge on any atom is 0.328 e. The van der Waals surface area contributed by atoms with Crippen LogP contribution in [0.25, 0.3) is 6.08 Å². The van der Waals surface area contributed by atoms with Gasteiger partial charge in [0.2, 0.25) is 11.8 Å². The molecule has 0 saturated carbocycles. The first-order chi connectivity index (χ1) is 16.9. The molecule has 0 aliphatic heterocycles. The van der Waals surface area contributed by atoms with Crippen LogP contribution in [0.1, 0.15) is 39.9 Å². The van der Waals surface area contributed by atoms with Gasteiger partial charge in [0.15, 0.2) is 0 Å². The van der Waals surface area contributed by atoms with Crippen LogP contribution in [-0.2, 0) is 16.1 Å². The van der Waals surface area contributed by atoms with E-state index in [4.69, 9.17) is 4.74 Å². The molecule has 1 amide bonds. The van der Waals surface area contributed by atoms with Gasteiger partial charge in [0.05, 0.1) is 29.8 Å². The van der Waals surface area contributed by atoms with Crippen molar-refractivity contribution in [3.63, 3.8) is 0 Å². The number of carbonyl (C=O) groups is 2.